The lowest BCUT2D eigenvalue weighted by Gasteiger charge is -2.22. The van der Waals surface area contributed by atoms with Gasteiger partial charge in [0.15, 0.2) is 5.82 Å². The van der Waals surface area contributed by atoms with Crippen molar-refractivity contribution in [3.63, 3.8) is 0 Å². The number of carbonyl (C=O) groups is 2. The Kier molecular flexibility index (Phi) is 6.90. The summed E-state index contributed by atoms with van der Waals surface area (Å²) in [5.74, 6) is 0.309. The molecule has 2 aromatic carbocycles. The summed E-state index contributed by atoms with van der Waals surface area (Å²) in [6.07, 6.45) is 4.81. The molecule has 2 heterocycles. The highest BCUT2D eigenvalue weighted by molar-refractivity contribution is 5.97. The molecule has 1 aliphatic heterocycles. The minimum atomic E-state index is -0.177. The highest BCUT2D eigenvalue weighted by atomic mass is 16.2. The Morgan fingerprint density at radius 2 is 1.81 bits per heavy atom. The molecule has 6 heteroatoms. The maximum atomic E-state index is 13.1. The maximum Gasteiger partial charge on any atom is 0.257 e. The van der Waals surface area contributed by atoms with Crippen molar-refractivity contribution in [1.82, 2.24) is 20.2 Å². The predicted molar refractivity (Wildman–Crippen MR) is 124 cm³/mol. The number of nitrogens with zero attached hydrogens (tertiary/aromatic N) is 3. The highest BCUT2D eigenvalue weighted by Crippen LogP contribution is 2.20. The largest absolute Gasteiger partial charge is 0.352 e. The molecular weight excluding hydrogens is 400 g/mol. The molecule has 1 atom stereocenters. The molecule has 0 aliphatic carbocycles. The van der Waals surface area contributed by atoms with Gasteiger partial charge in [-0.3, -0.25) is 9.59 Å². The predicted octanol–water partition coefficient (Wildman–Crippen LogP) is 3.67. The van der Waals surface area contributed by atoms with Gasteiger partial charge in [0.2, 0.25) is 5.91 Å². The van der Waals surface area contributed by atoms with E-state index >= 15 is 0 Å². The Morgan fingerprint density at radius 1 is 1.09 bits per heavy atom. The number of nitrogens with one attached hydrogen (secondary N) is 1. The van der Waals surface area contributed by atoms with Gasteiger partial charge < -0.3 is 10.2 Å². The van der Waals surface area contributed by atoms with Crippen molar-refractivity contribution in [1.29, 1.82) is 0 Å². The van der Waals surface area contributed by atoms with Crippen molar-refractivity contribution < 1.29 is 9.59 Å². The Morgan fingerprint density at radius 3 is 2.56 bits per heavy atom. The van der Waals surface area contributed by atoms with Gasteiger partial charge in [0.1, 0.15) is 0 Å². The second kappa shape index (κ2) is 10.2. The topological polar surface area (TPSA) is 75.2 Å². The first-order chi connectivity index (χ1) is 15.6. The molecule has 0 fully saturated rings. The summed E-state index contributed by atoms with van der Waals surface area (Å²) >= 11 is 0. The van der Waals surface area contributed by atoms with Gasteiger partial charge in [-0.15, -0.1) is 0 Å². The fourth-order valence-corrected chi connectivity index (χ4v) is 3.97. The van der Waals surface area contributed by atoms with E-state index in [0.717, 1.165) is 30.5 Å². The van der Waals surface area contributed by atoms with E-state index < -0.39 is 0 Å². The standard InChI is InChI=1S/C26H28N4O2/c1-19(14-15-20-9-4-2-5-10-20)28-24(31)18-30-16-8-13-23-22(26(30)32)17-27-25(29-23)21-11-6-3-7-12-21/h2-7,9-12,17,19H,8,13-16,18H2,1H3,(H,28,31). The molecule has 6 nitrogen and oxygen atoms in total. The van der Waals surface area contributed by atoms with Gasteiger partial charge in [0.25, 0.3) is 5.91 Å². The minimum Gasteiger partial charge on any atom is -0.352 e. The molecule has 0 bridgehead atoms. The number of rotatable bonds is 7. The smallest absolute Gasteiger partial charge is 0.257 e. The van der Waals surface area contributed by atoms with Gasteiger partial charge in [-0.25, -0.2) is 9.97 Å². The van der Waals surface area contributed by atoms with Crippen LogP contribution in [0.1, 0.15) is 41.4 Å². The second-order valence-electron chi connectivity index (χ2n) is 8.24. The summed E-state index contributed by atoms with van der Waals surface area (Å²) < 4.78 is 0. The van der Waals surface area contributed by atoms with Crippen LogP contribution in [0.25, 0.3) is 11.4 Å². The van der Waals surface area contributed by atoms with Crippen molar-refractivity contribution in [3.8, 4) is 11.4 Å². The van der Waals surface area contributed by atoms with Gasteiger partial charge >= 0.3 is 0 Å². The fraction of sp³-hybridized carbons (Fsp3) is 0.308. The van der Waals surface area contributed by atoms with Crippen molar-refractivity contribution in [2.75, 3.05) is 13.1 Å². The molecule has 3 aromatic rings. The lowest BCUT2D eigenvalue weighted by molar-refractivity contribution is -0.122. The van der Waals surface area contributed by atoms with Crippen LogP contribution in [0.2, 0.25) is 0 Å². The molecule has 164 valence electrons. The monoisotopic (exact) mass is 428 g/mol. The van der Waals surface area contributed by atoms with Gasteiger partial charge in [0, 0.05) is 24.3 Å². The first-order valence-electron chi connectivity index (χ1n) is 11.1. The van der Waals surface area contributed by atoms with E-state index in [9.17, 15) is 9.59 Å². The van der Waals surface area contributed by atoms with Crippen LogP contribution in [-0.4, -0.2) is 45.8 Å². The lowest BCUT2D eigenvalue weighted by Crippen LogP contribution is -2.43. The highest BCUT2D eigenvalue weighted by Gasteiger charge is 2.26. The van der Waals surface area contributed by atoms with Crippen LogP contribution < -0.4 is 5.32 Å². The molecular formula is C26H28N4O2. The average molecular weight is 429 g/mol. The van der Waals surface area contributed by atoms with E-state index in [2.05, 4.69) is 27.4 Å². The third-order valence-electron chi connectivity index (χ3n) is 5.71. The molecule has 0 saturated heterocycles. The van der Waals surface area contributed by atoms with Crippen LogP contribution in [0, 0.1) is 0 Å². The van der Waals surface area contributed by atoms with Gasteiger partial charge in [0.05, 0.1) is 17.8 Å². The molecule has 0 spiro atoms. The second-order valence-corrected chi connectivity index (χ2v) is 8.24. The van der Waals surface area contributed by atoms with Gasteiger partial charge in [-0.05, 0) is 38.2 Å². The van der Waals surface area contributed by atoms with E-state index in [1.807, 2.05) is 55.5 Å². The van der Waals surface area contributed by atoms with E-state index in [1.54, 1.807) is 11.1 Å². The number of aryl methyl sites for hydroxylation is 2. The summed E-state index contributed by atoms with van der Waals surface area (Å²) in [6, 6.07) is 20.0. The SMILES string of the molecule is CC(CCc1ccccc1)NC(=O)CN1CCCc2nc(-c3ccccc3)ncc2C1=O. The Bertz CT molecular complexity index is 1070. The first-order valence-corrected chi connectivity index (χ1v) is 11.1. The number of carbonyl (C=O) groups excluding carboxylic acids is 2. The fourth-order valence-electron chi connectivity index (χ4n) is 3.97. The number of amides is 2. The Labute approximate surface area is 188 Å². The molecule has 1 N–H and O–H groups in total. The molecule has 0 radical (unpaired) electrons. The van der Waals surface area contributed by atoms with Gasteiger partial charge in [-0.1, -0.05) is 60.7 Å². The zero-order valence-electron chi connectivity index (χ0n) is 18.3. The van der Waals surface area contributed by atoms with Crippen LogP contribution in [0.15, 0.2) is 66.9 Å². The molecule has 4 rings (SSSR count). The third kappa shape index (κ3) is 5.38. The zero-order chi connectivity index (χ0) is 22.3. The number of benzene rings is 2. The van der Waals surface area contributed by atoms with E-state index in [1.165, 1.54) is 5.56 Å². The number of hydrogen-bond donors (Lipinski definition) is 1. The van der Waals surface area contributed by atoms with Crippen molar-refractivity contribution in [2.24, 2.45) is 0 Å². The Balaban J connectivity index is 1.36. The molecule has 1 aromatic heterocycles. The number of hydrogen-bond acceptors (Lipinski definition) is 4. The van der Waals surface area contributed by atoms with E-state index in [0.29, 0.717) is 24.4 Å². The molecule has 2 amide bonds. The van der Waals surface area contributed by atoms with Crippen LogP contribution in [0.5, 0.6) is 0 Å². The summed E-state index contributed by atoms with van der Waals surface area (Å²) in [5.41, 5.74) is 3.42. The Hall–Kier alpha value is -3.54. The first kappa shape index (κ1) is 21.7. The average Bonchev–Trinajstić information content (AvgIpc) is 2.97. The number of fused-ring (bicyclic) bond motifs is 1. The van der Waals surface area contributed by atoms with Gasteiger partial charge in [-0.2, -0.15) is 0 Å². The normalized spacial score (nSPS) is 14.4. The number of aromatic nitrogens is 2. The third-order valence-corrected chi connectivity index (χ3v) is 5.71. The maximum absolute atomic E-state index is 13.1. The van der Waals surface area contributed by atoms with Crippen LogP contribution in [0.3, 0.4) is 0 Å². The van der Waals surface area contributed by atoms with Crippen LogP contribution >= 0.6 is 0 Å². The van der Waals surface area contributed by atoms with E-state index in [4.69, 9.17) is 0 Å². The quantitative estimate of drug-likeness (QED) is 0.623. The summed E-state index contributed by atoms with van der Waals surface area (Å²) in [4.78, 5) is 36.4. The van der Waals surface area contributed by atoms with E-state index in [-0.39, 0.29) is 24.4 Å². The van der Waals surface area contributed by atoms with Crippen molar-refractivity contribution in [3.05, 3.63) is 83.7 Å². The summed E-state index contributed by atoms with van der Waals surface area (Å²) in [7, 11) is 0. The summed E-state index contributed by atoms with van der Waals surface area (Å²) in [6.45, 7) is 2.58. The molecule has 32 heavy (non-hydrogen) atoms. The van der Waals surface area contributed by atoms with Crippen molar-refractivity contribution in [2.45, 2.75) is 38.6 Å². The van der Waals surface area contributed by atoms with Crippen LogP contribution in [0.4, 0.5) is 0 Å². The molecule has 1 aliphatic rings. The molecule has 0 saturated carbocycles. The molecule has 1 unspecified atom stereocenters. The van der Waals surface area contributed by atoms with Crippen LogP contribution in [-0.2, 0) is 17.6 Å². The zero-order valence-corrected chi connectivity index (χ0v) is 18.3. The lowest BCUT2D eigenvalue weighted by atomic mass is 10.1. The van der Waals surface area contributed by atoms with Crippen molar-refractivity contribution >= 4 is 11.8 Å². The summed E-state index contributed by atoms with van der Waals surface area (Å²) in [5, 5.41) is 3.03. The minimum absolute atomic E-state index is 0.0360.